The van der Waals surface area contributed by atoms with E-state index in [1.807, 2.05) is 6.07 Å². The molecule has 1 saturated carbocycles. The van der Waals surface area contributed by atoms with Gasteiger partial charge in [-0.2, -0.15) is 0 Å². The standard InChI is InChI=1S/C15H21F2NO/c1-14(16,17)12-10-11(6-7-13(12)19-2)15(18)8-4-3-5-9-15/h6-7,10H,3-5,8-9,18H2,1-2H3. The molecule has 0 bridgehead atoms. The molecule has 0 atom stereocenters. The maximum Gasteiger partial charge on any atom is 0.274 e. The largest absolute Gasteiger partial charge is 0.496 e. The number of hydrogen-bond donors (Lipinski definition) is 1. The van der Waals surface area contributed by atoms with Crippen LogP contribution in [0.25, 0.3) is 0 Å². The quantitative estimate of drug-likeness (QED) is 0.902. The molecule has 0 saturated heterocycles. The molecule has 0 unspecified atom stereocenters. The van der Waals surface area contributed by atoms with Crippen LogP contribution in [0.2, 0.25) is 0 Å². The smallest absolute Gasteiger partial charge is 0.274 e. The van der Waals surface area contributed by atoms with Crippen LogP contribution in [0, 0.1) is 0 Å². The van der Waals surface area contributed by atoms with Gasteiger partial charge in [-0.3, -0.25) is 0 Å². The van der Waals surface area contributed by atoms with Crippen LogP contribution < -0.4 is 10.5 Å². The van der Waals surface area contributed by atoms with Gasteiger partial charge in [0.15, 0.2) is 0 Å². The Labute approximate surface area is 112 Å². The van der Waals surface area contributed by atoms with E-state index in [-0.39, 0.29) is 11.3 Å². The summed E-state index contributed by atoms with van der Waals surface area (Å²) in [6.07, 6.45) is 4.99. The average Bonchev–Trinajstić information content (AvgIpc) is 2.38. The monoisotopic (exact) mass is 269 g/mol. The zero-order valence-electron chi connectivity index (χ0n) is 11.5. The lowest BCUT2D eigenvalue weighted by atomic mass is 9.77. The van der Waals surface area contributed by atoms with Gasteiger partial charge < -0.3 is 10.5 Å². The molecule has 0 amide bonds. The molecule has 2 rings (SSSR count). The fraction of sp³-hybridized carbons (Fsp3) is 0.600. The van der Waals surface area contributed by atoms with E-state index >= 15 is 0 Å². The molecule has 0 aliphatic heterocycles. The van der Waals surface area contributed by atoms with E-state index in [9.17, 15) is 8.78 Å². The van der Waals surface area contributed by atoms with Gasteiger partial charge in [0.05, 0.1) is 12.7 Å². The average molecular weight is 269 g/mol. The first-order valence-electron chi connectivity index (χ1n) is 6.72. The molecule has 0 heterocycles. The van der Waals surface area contributed by atoms with Gasteiger partial charge in [-0.1, -0.05) is 25.3 Å². The lowest BCUT2D eigenvalue weighted by molar-refractivity contribution is 0.0149. The predicted octanol–water partition coefficient (Wildman–Crippen LogP) is 3.93. The Morgan fingerprint density at radius 1 is 1.21 bits per heavy atom. The molecule has 0 spiro atoms. The van der Waals surface area contributed by atoms with Crippen LogP contribution in [0.4, 0.5) is 8.78 Å². The minimum Gasteiger partial charge on any atom is -0.496 e. The van der Waals surface area contributed by atoms with Gasteiger partial charge in [0.25, 0.3) is 5.92 Å². The summed E-state index contributed by atoms with van der Waals surface area (Å²) < 4.78 is 32.3. The Morgan fingerprint density at radius 2 is 1.84 bits per heavy atom. The number of alkyl halides is 2. The first-order valence-corrected chi connectivity index (χ1v) is 6.72. The van der Waals surface area contributed by atoms with Gasteiger partial charge in [0, 0.05) is 12.5 Å². The summed E-state index contributed by atoms with van der Waals surface area (Å²) in [4.78, 5) is 0. The number of methoxy groups -OCH3 is 1. The van der Waals surface area contributed by atoms with Crippen LogP contribution in [0.5, 0.6) is 5.75 Å². The molecule has 1 aliphatic rings. The number of nitrogens with two attached hydrogens (primary N) is 1. The van der Waals surface area contributed by atoms with E-state index in [0.717, 1.165) is 38.2 Å². The molecule has 4 heteroatoms. The van der Waals surface area contributed by atoms with Crippen molar-refractivity contribution in [2.45, 2.75) is 50.5 Å². The Hall–Kier alpha value is -1.16. The van der Waals surface area contributed by atoms with Crippen molar-refractivity contribution < 1.29 is 13.5 Å². The van der Waals surface area contributed by atoms with Crippen molar-refractivity contribution in [3.63, 3.8) is 0 Å². The van der Waals surface area contributed by atoms with Crippen molar-refractivity contribution in [2.75, 3.05) is 7.11 Å². The molecule has 1 aromatic carbocycles. The highest BCUT2D eigenvalue weighted by Crippen LogP contribution is 2.40. The summed E-state index contributed by atoms with van der Waals surface area (Å²) in [7, 11) is 1.41. The number of rotatable bonds is 3. The lowest BCUT2D eigenvalue weighted by Gasteiger charge is -2.34. The summed E-state index contributed by atoms with van der Waals surface area (Å²) in [5.41, 5.74) is 6.65. The summed E-state index contributed by atoms with van der Waals surface area (Å²) in [5, 5.41) is 0. The van der Waals surface area contributed by atoms with Crippen molar-refractivity contribution in [1.29, 1.82) is 0 Å². The lowest BCUT2D eigenvalue weighted by Crippen LogP contribution is -2.38. The van der Waals surface area contributed by atoms with Crippen molar-refractivity contribution in [2.24, 2.45) is 5.73 Å². The Morgan fingerprint density at radius 3 is 2.37 bits per heavy atom. The Kier molecular flexibility index (Phi) is 3.81. The van der Waals surface area contributed by atoms with E-state index in [0.29, 0.717) is 0 Å². The summed E-state index contributed by atoms with van der Waals surface area (Å²) in [5.74, 6) is -2.71. The summed E-state index contributed by atoms with van der Waals surface area (Å²) in [6.45, 7) is 0.888. The fourth-order valence-corrected chi connectivity index (χ4v) is 2.83. The van der Waals surface area contributed by atoms with E-state index in [4.69, 9.17) is 10.5 Å². The number of halogens is 2. The normalized spacial score (nSPS) is 19.2. The number of benzene rings is 1. The van der Waals surface area contributed by atoms with E-state index in [2.05, 4.69) is 0 Å². The van der Waals surface area contributed by atoms with Crippen LogP contribution >= 0.6 is 0 Å². The second kappa shape index (κ2) is 5.08. The molecule has 2 N–H and O–H groups in total. The second-order valence-corrected chi connectivity index (χ2v) is 5.52. The van der Waals surface area contributed by atoms with Crippen LogP contribution in [0.15, 0.2) is 18.2 Å². The SMILES string of the molecule is COc1ccc(C2(N)CCCCC2)cc1C(C)(F)F. The summed E-state index contributed by atoms with van der Waals surface area (Å²) >= 11 is 0. The van der Waals surface area contributed by atoms with Crippen LogP contribution in [0.1, 0.15) is 50.2 Å². The van der Waals surface area contributed by atoms with Gasteiger partial charge in [-0.05, 0) is 30.5 Å². The molecule has 0 aromatic heterocycles. The maximum atomic E-state index is 13.7. The van der Waals surface area contributed by atoms with Gasteiger partial charge >= 0.3 is 0 Å². The molecular formula is C15H21F2NO. The fourth-order valence-electron chi connectivity index (χ4n) is 2.83. The molecule has 1 fully saturated rings. The predicted molar refractivity (Wildman–Crippen MR) is 71.5 cm³/mol. The van der Waals surface area contributed by atoms with Gasteiger partial charge in [0.1, 0.15) is 5.75 Å². The van der Waals surface area contributed by atoms with Crippen LogP contribution in [-0.4, -0.2) is 7.11 Å². The third-order valence-electron chi connectivity index (χ3n) is 3.99. The van der Waals surface area contributed by atoms with E-state index < -0.39 is 11.5 Å². The number of ether oxygens (including phenoxy) is 1. The molecule has 1 aliphatic carbocycles. The zero-order chi connectivity index (χ0) is 14.1. The first kappa shape index (κ1) is 14.3. The van der Waals surface area contributed by atoms with Crippen molar-refractivity contribution in [1.82, 2.24) is 0 Å². The molecule has 0 radical (unpaired) electrons. The third-order valence-corrected chi connectivity index (χ3v) is 3.99. The van der Waals surface area contributed by atoms with Crippen molar-refractivity contribution in [3.05, 3.63) is 29.3 Å². The van der Waals surface area contributed by atoms with Gasteiger partial charge in [-0.25, -0.2) is 8.78 Å². The highest BCUT2D eigenvalue weighted by atomic mass is 19.3. The molecule has 2 nitrogen and oxygen atoms in total. The van der Waals surface area contributed by atoms with Crippen molar-refractivity contribution >= 4 is 0 Å². The Balaban J connectivity index is 2.43. The van der Waals surface area contributed by atoms with E-state index in [1.165, 1.54) is 19.6 Å². The minimum atomic E-state index is -2.92. The summed E-state index contributed by atoms with van der Waals surface area (Å²) in [6, 6.07) is 4.94. The Bertz CT molecular complexity index is 448. The second-order valence-electron chi connectivity index (χ2n) is 5.52. The van der Waals surface area contributed by atoms with Gasteiger partial charge in [-0.15, -0.1) is 0 Å². The van der Waals surface area contributed by atoms with E-state index in [1.54, 1.807) is 6.07 Å². The minimum absolute atomic E-state index is 0.0806. The van der Waals surface area contributed by atoms with Crippen LogP contribution in [0.3, 0.4) is 0 Å². The molecular weight excluding hydrogens is 248 g/mol. The highest BCUT2D eigenvalue weighted by Gasteiger charge is 2.34. The first-order chi connectivity index (χ1) is 8.87. The van der Waals surface area contributed by atoms with Crippen molar-refractivity contribution in [3.8, 4) is 5.75 Å². The zero-order valence-corrected chi connectivity index (χ0v) is 11.5. The van der Waals surface area contributed by atoms with Gasteiger partial charge in [0.2, 0.25) is 0 Å². The molecule has 1 aromatic rings. The molecule has 19 heavy (non-hydrogen) atoms. The molecule has 106 valence electrons. The number of hydrogen-bond acceptors (Lipinski definition) is 2. The van der Waals surface area contributed by atoms with Crippen LogP contribution in [-0.2, 0) is 11.5 Å². The topological polar surface area (TPSA) is 35.2 Å². The maximum absolute atomic E-state index is 13.7. The highest BCUT2D eigenvalue weighted by molar-refractivity contribution is 5.42. The third kappa shape index (κ3) is 2.89.